The Morgan fingerprint density at radius 1 is 1.15 bits per heavy atom. The number of aryl methyl sites for hydroxylation is 1. The molecule has 0 unspecified atom stereocenters. The third kappa shape index (κ3) is 4.11. The Morgan fingerprint density at radius 2 is 1.94 bits per heavy atom. The number of fused-ring (bicyclic) bond motifs is 2. The summed E-state index contributed by atoms with van der Waals surface area (Å²) < 4.78 is 33.9. The summed E-state index contributed by atoms with van der Waals surface area (Å²) in [7, 11) is -3.82. The summed E-state index contributed by atoms with van der Waals surface area (Å²) in [5.74, 6) is -0.254. The van der Waals surface area contributed by atoms with Crippen LogP contribution in [0.2, 0.25) is 0 Å². The average molecular weight is 470 g/mol. The number of benzene rings is 2. The predicted octanol–water partition coefficient (Wildman–Crippen LogP) is 2.31. The molecule has 0 bridgehead atoms. The molecule has 3 aliphatic rings. The van der Waals surface area contributed by atoms with Gasteiger partial charge in [0.1, 0.15) is 5.75 Å². The maximum atomic E-state index is 13.5. The van der Waals surface area contributed by atoms with Crippen molar-refractivity contribution < 1.29 is 22.7 Å². The van der Waals surface area contributed by atoms with E-state index in [9.17, 15) is 18.0 Å². The first-order valence-electron chi connectivity index (χ1n) is 11.3. The summed E-state index contributed by atoms with van der Waals surface area (Å²) in [5, 5.41) is 2.70. The number of hydrogen-bond donors (Lipinski definition) is 1. The number of carbonyl (C=O) groups is 2. The van der Waals surface area contributed by atoms with Crippen LogP contribution in [-0.4, -0.2) is 55.7 Å². The summed E-state index contributed by atoms with van der Waals surface area (Å²) in [5.41, 5.74) is 3.44. The molecule has 2 aromatic carbocycles. The number of nitrogens with zero attached hydrogens (tertiary/aromatic N) is 2. The van der Waals surface area contributed by atoms with Crippen LogP contribution in [0.5, 0.6) is 5.75 Å². The van der Waals surface area contributed by atoms with Gasteiger partial charge in [-0.2, -0.15) is 4.31 Å². The standard InChI is InChI=1S/C24H27N3O5S/c1-16-11-20-21(32-15-23(28)25-20)12-22(16)33(30,31)27-9-4-7-19(14-27)24(29)26-10-8-17-5-2-3-6-18(17)13-26/h2-3,5-6,11-12,19H,4,7-10,13-15H2,1H3,(H,25,28)/t19-/m1/s1. The number of hydrogen-bond acceptors (Lipinski definition) is 5. The lowest BCUT2D eigenvalue weighted by atomic mass is 9.95. The fourth-order valence-corrected chi connectivity index (χ4v) is 6.68. The number of piperidine rings is 1. The number of sulfonamides is 1. The van der Waals surface area contributed by atoms with Crippen molar-refractivity contribution in [2.24, 2.45) is 5.92 Å². The van der Waals surface area contributed by atoms with Gasteiger partial charge < -0.3 is 15.0 Å². The van der Waals surface area contributed by atoms with Gasteiger partial charge in [0, 0.05) is 32.2 Å². The zero-order valence-corrected chi connectivity index (χ0v) is 19.4. The van der Waals surface area contributed by atoms with Crippen LogP contribution in [0.4, 0.5) is 5.69 Å². The molecule has 1 atom stereocenters. The van der Waals surface area contributed by atoms with E-state index in [2.05, 4.69) is 17.4 Å². The molecule has 1 fully saturated rings. The van der Waals surface area contributed by atoms with Gasteiger partial charge in [0.05, 0.1) is 16.5 Å². The van der Waals surface area contributed by atoms with Crippen LogP contribution in [-0.2, 0) is 32.6 Å². The molecule has 174 valence electrons. The Kier molecular flexibility index (Phi) is 5.62. The van der Waals surface area contributed by atoms with E-state index in [0.717, 1.165) is 12.0 Å². The van der Waals surface area contributed by atoms with Gasteiger partial charge in [-0.05, 0) is 48.9 Å². The molecular formula is C24H27N3O5S. The highest BCUT2D eigenvalue weighted by Gasteiger charge is 2.37. The summed E-state index contributed by atoms with van der Waals surface area (Å²) in [4.78, 5) is 26.9. The van der Waals surface area contributed by atoms with Gasteiger partial charge in [0.25, 0.3) is 5.91 Å². The second-order valence-electron chi connectivity index (χ2n) is 8.93. The van der Waals surface area contributed by atoms with Crippen LogP contribution in [0.15, 0.2) is 41.3 Å². The molecule has 0 saturated carbocycles. The molecular weight excluding hydrogens is 442 g/mol. The summed E-state index contributed by atoms with van der Waals surface area (Å²) in [6.07, 6.45) is 2.14. The molecule has 9 heteroatoms. The van der Waals surface area contributed by atoms with E-state index in [1.807, 2.05) is 17.0 Å². The largest absolute Gasteiger partial charge is 0.482 e. The van der Waals surface area contributed by atoms with Crippen molar-refractivity contribution >= 4 is 27.5 Å². The van der Waals surface area contributed by atoms with E-state index in [0.29, 0.717) is 49.5 Å². The van der Waals surface area contributed by atoms with E-state index in [4.69, 9.17) is 4.74 Å². The van der Waals surface area contributed by atoms with Gasteiger partial charge in [-0.1, -0.05) is 24.3 Å². The van der Waals surface area contributed by atoms with Gasteiger partial charge >= 0.3 is 0 Å². The molecule has 0 spiro atoms. The second-order valence-corrected chi connectivity index (χ2v) is 10.8. The third-order valence-electron chi connectivity index (χ3n) is 6.70. The summed E-state index contributed by atoms with van der Waals surface area (Å²) >= 11 is 0. The number of anilines is 1. The molecule has 0 aromatic heterocycles. The van der Waals surface area contributed by atoms with Crippen LogP contribution in [0.1, 0.15) is 29.5 Å². The van der Waals surface area contributed by atoms with Crippen molar-refractivity contribution in [2.75, 3.05) is 31.6 Å². The van der Waals surface area contributed by atoms with Crippen LogP contribution in [0.25, 0.3) is 0 Å². The zero-order valence-electron chi connectivity index (χ0n) is 18.5. The predicted molar refractivity (Wildman–Crippen MR) is 122 cm³/mol. The molecule has 33 heavy (non-hydrogen) atoms. The Bertz CT molecular complexity index is 1230. The van der Waals surface area contributed by atoms with E-state index >= 15 is 0 Å². The number of nitrogens with one attached hydrogen (secondary N) is 1. The topological polar surface area (TPSA) is 96.0 Å². The van der Waals surface area contributed by atoms with Gasteiger partial charge in [-0.3, -0.25) is 9.59 Å². The number of rotatable bonds is 3. The molecule has 2 aromatic rings. The number of ether oxygens (including phenoxy) is 1. The van der Waals surface area contributed by atoms with Gasteiger partial charge in [-0.15, -0.1) is 0 Å². The van der Waals surface area contributed by atoms with E-state index in [-0.39, 0.29) is 35.8 Å². The minimum atomic E-state index is -3.82. The lowest BCUT2D eigenvalue weighted by molar-refractivity contribution is -0.137. The molecule has 1 saturated heterocycles. The normalized spacial score (nSPS) is 20.9. The fourth-order valence-electron chi connectivity index (χ4n) is 4.94. The van der Waals surface area contributed by atoms with Crippen LogP contribution in [0.3, 0.4) is 0 Å². The number of amides is 2. The molecule has 2 amide bonds. The Hall–Kier alpha value is -2.91. The average Bonchev–Trinajstić information content (AvgIpc) is 2.82. The van der Waals surface area contributed by atoms with Crippen molar-refractivity contribution in [1.82, 2.24) is 9.21 Å². The molecule has 8 nitrogen and oxygen atoms in total. The van der Waals surface area contributed by atoms with Gasteiger partial charge in [0.15, 0.2) is 6.61 Å². The van der Waals surface area contributed by atoms with Crippen molar-refractivity contribution in [2.45, 2.75) is 37.6 Å². The Labute approximate surface area is 193 Å². The number of carbonyl (C=O) groups excluding carboxylic acids is 2. The third-order valence-corrected chi connectivity index (χ3v) is 8.71. The summed E-state index contributed by atoms with van der Waals surface area (Å²) in [6.45, 7) is 3.34. The fraction of sp³-hybridized carbons (Fsp3) is 0.417. The highest BCUT2D eigenvalue weighted by atomic mass is 32.2. The van der Waals surface area contributed by atoms with E-state index < -0.39 is 10.0 Å². The highest BCUT2D eigenvalue weighted by molar-refractivity contribution is 7.89. The van der Waals surface area contributed by atoms with Gasteiger partial charge in [-0.25, -0.2) is 8.42 Å². The first-order valence-corrected chi connectivity index (χ1v) is 12.7. The lowest BCUT2D eigenvalue weighted by Gasteiger charge is -2.36. The van der Waals surface area contributed by atoms with Gasteiger partial charge in [0.2, 0.25) is 15.9 Å². The maximum Gasteiger partial charge on any atom is 0.262 e. The van der Waals surface area contributed by atoms with Crippen LogP contribution >= 0.6 is 0 Å². The van der Waals surface area contributed by atoms with Crippen molar-refractivity contribution in [3.8, 4) is 5.75 Å². The van der Waals surface area contributed by atoms with Crippen molar-refractivity contribution in [1.29, 1.82) is 0 Å². The minimum Gasteiger partial charge on any atom is -0.482 e. The van der Waals surface area contributed by atoms with Crippen LogP contribution in [0, 0.1) is 12.8 Å². The monoisotopic (exact) mass is 469 g/mol. The first kappa shape index (κ1) is 21.9. The van der Waals surface area contributed by atoms with Crippen molar-refractivity contribution in [3.05, 3.63) is 53.1 Å². The maximum absolute atomic E-state index is 13.5. The quantitative estimate of drug-likeness (QED) is 0.744. The highest BCUT2D eigenvalue weighted by Crippen LogP contribution is 2.35. The first-order chi connectivity index (χ1) is 15.8. The smallest absolute Gasteiger partial charge is 0.262 e. The van der Waals surface area contributed by atoms with E-state index in [1.54, 1.807) is 13.0 Å². The lowest BCUT2D eigenvalue weighted by Crippen LogP contribution is -2.47. The summed E-state index contributed by atoms with van der Waals surface area (Å²) in [6, 6.07) is 11.3. The van der Waals surface area contributed by atoms with Crippen molar-refractivity contribution in [3.63, 3.8) is 0 Å². The van der Waals surface area contributed by atoms with Crippen LogP contribution < -0.4 is 10.1 Å². The molecule has 1 N–H and O–H groups in total. The molecule has 5 rings (SSSR count). The van der Waals surface area contributed by atoms with E-state index in [1.165, 1.54) is 15.9 Å². The Morgan fingerprint density at radius 3 is 2.76 bits per heavy atom. The Balaban J connectivity index is 1.34. The molecule has 0 radical (unpaired) electrons. The SMILES string of the molecule is Cc1cc2c(cc1S(=O)(=O)N1CCC[C@@H](C(=O)N3CCc4ccccc4C3)C1)OCC(=O)N2. The molecule has 3 heterocycles. The zero-order chi connectivity index (χ0) is 23.2. The second kappa shape index (κ2) is 8.46. The molecule has 3 aliphatic heterocycles. The molecule has 0 aliphatic carbocycles. The minimum absolute atomic E-state index is 0.0256.